The monoisotopic (exact) mass is 250 g/mol. The lowest BCUT2D eigenvalue weighted by atomic mass is 9.88. The quantitative estimate of drug-likeness (QED) is 0.688. The number of aliphatic carboxylic acids is 1. The molecule has 0 fully saturated rings. The summed E-state index contributed by atoms with van der Waals surface area (Å²) in [6, 6.07) is 3.13. The van der Waals surface area contributed by atoms with Crippen LogP contribution in [0.25, 0.3) is 0 Å². The molecule has 98 valence electrons. The first-order valence-corrected chi connectivity index (χ1v) is 5.87. The van der Waals surface area contributed by atoms with Crippen LogP contribution in [-0.4, -0.2) is 17.0 Å². The van der Waals surface area contributed by atoms with Crippen molar-refractivity contribution >= 4 is 17.6 Å². The van der Waals surface area contributed by atoms with E-state index in [2.05, 4.69) is 0 Å². The molecule has 5 nitrogen and oxygen atoms in total. The van der Waals surface area contributed by atoms with Gasteiger partial charge in [0.15, 0.2) is 0 Å². The highest BCUT2D eigenvalue weighted by Crippen LogP contribution is 2.30. The highest BCUT2D eigenvalue weighted by molar-refractivity contribution is 5.99. The van der Waals surface area contributed by atoms with Crippen molar-refractivity contribution in [2.75, 3.05) is 5.73 Å². The number of rotatable bonds is 5. The number of benzene rings is 1. The summed E-state index contributed by atoms with van der Waals surface area (Å²) in [6.07, 6.45) is 1.03. The Bertz CT molecular complexity index is 483. The lowest BCUT2D eigenvalue weighted by Crippen LogP contribution is -2.18. The van der Waals surface area contributed by atoms with Gasteiger partial charge in [0, 0.05) is 5.69 Å². The normalized spacial score (nSPS) is 12.1. The Hall–Kier alpha value is -2.04. The molecular weight excluding hydrogens is 232 g/mol. The van der Waals surface area contributed by atoms with Crippen LogP contribution in [0.4, 0.5) is 5.69 Å². The number of amides is 1. The molecule has 5 heteroatoms. The summed E-state index contributed by atoms with van der Waals surface area (Å²) in [4.78, 5) is 22.4. The number of carbonyl (C=O) groups is 2. The molecule has 1 aromatic rings. The Kier molecular flexibility index (Phi) is 4.31. The third-order valence-electron chi connectivity index (χ3n) is 3.09. The molecule has 18 heavy (non-hydrogen) atoms. The highest BCUT2D eigenvalue weighted by Gasteiger charge is 2.23. The largest absolute Gasteiger partial charge is 0.481 e. The second kappa shape index (κ2) is 5.53. The number of hydrogen-bond acceptors (Lipinski definition) is 3. The van der Waals surface area contributed by atoms with Gasteiger partial charge in [-0.3, -0.25) is 9.59 Å². The van der Waals surface area contributed by atoms with Crippen LogP contribution in [0.5, 0.6) is 0 Å². The molecule has 0 saturated carbocycles. The van der Waals surface area contributed by atoms with Crippen LogP contribution < -0.4 is 11.5 Å². The molecule has 0 heterocycles. The predicted octanol–water partition coefficient (Wildman–Crippen LogP) is 1.51. The van der Waals surface area contributed by atoms with Crippen LogP contribution in [0, 0.1) is 0 Å². The SMILES string of the molecule is CCc1c(C(CC)C(=O)O)ccc(C(N)=O)c1N. The molecule has 5 N–H and O–H groups in total. The maximum Gasteiger partial charge on any atom is 0.310 e. The molecule has 0 saturated heterocycles. The van der Waals surface area contributed by atoms with Gasteiger partial charge in [-0.1, -0.05) is 19.9 Å². The molecule has 0 radical (unpaired) electrons. The Morgan fingerprint density at radius 1 is 1.33 bits per heavy atom. The van der Waals surface area contributed by atoms with Crippen molar-refractivity contribution in [3.8, 4) is 0 Å². The molecule has 1 amide bonds. The van der Waals surface area contributed by atoms with Gasteiger partial charge >= 0.3 is 5.97 Å². The maximum atomic E-state index is 11.2. The van der Waals surface area contributed by atoms with Crippen molar-refractivity contribution in [3.05, 3.63) is 28.8 Å². The van der Waals surface area contributed by atoms with E-state index in [0.717, 1.165) is 0 Å². The Morgan fingerprint density at radius 3 is 2.33 bits per heavy atom. The summed E-state index contributed by atoms with van der Waals surface area (Å²) in [5, 5.41) is 9.18. The molecule has 0 aliphatic rings. The van der Waals surface area contributed by atoms with E-state index in [1.807, 2.05) is 6.92 Å². The average Bonchev–Trinajstić information content (AvgIpc) is 2.29. The van der Waals surface area contributed by atoms with E-state index < -0.39 is 17.8 Å². The lowest BCUT2D eigenvalue weighted by Gasteiger charge is -2.18. The number of nitrogens with two attached hydrogens (primary N) is 2. The second-order valence-electron chi connectivity index (χ2n) is 4.11. The molecule has 0 aliphatic carbocycles. The average molecular weight is 250 g/mol. The summed E-state index contributed by atoms with van der Waals surface area (Å²) in [7, 11) is 0. The predicted molar refractivity (Wildman–Crippen MR) is 69.4 cm³/mol. The van der Waals surface area contributed by atoms with Gasteiger partial charge in [0.2, 0.25) is 0 Å². The first kappa shape index (κ1) is 14.0. The number of carbonyl (C=O) groups excluding carboxylic acids is 1. The van der Waals surface area contributed by atoms with Gasteiger partial charge in [-0.25, -0.2) is 0 Å². The third kappa shape index (κ3) is 2.45. The number of carboxylic acids is 1. The van der Waals surface area contributed by atoms with Crippen molar-refractivity contribution in [3.63, 3.8) is 0 Å². The van der Waals surface area contributed by atoms with Crippen LogP contribution in [0.15, 0.2) is 12.1 Å². The Balaban J connectivity index is 3.43. The second-order valence-corrected chi connectivity index (χ2v) is 4.11. The van der Waals surface area contributed by atoms with Crippen LogP contribution in [0.3, 0.4) is 0 Å². The van der Waals surface area contributed by atoms with E-state index in [0.29, 0.717) is 29.7 Å². The Morgan fingerprint density at radius 2 is 1.94 bits per heavy atom. The lowest BCUT2D eigenvalue weighted by molar-refractivity contribution is -0.138. The van der Waals surface area contributed by atoms with E-state index in [1.165, 1.54) is 6.07 Å². The van der Waals surface area contributed by atoms with Crippen molar-refractivity contribution in [2.45, 2.75) is 32.6 Å². The molecule has 1 atom stereocenters. The van der Waals surface area contributed by atoms with E-state index in [1.54, 1.807) is 13.0 Å². The minimum atomic E-state index is -0.890. The fraction of sp³-hybridized carbons (Fsp3) is 0.385. The summed E-state index contributed by atoms with van der Waals surface area (Å²) >= 11 is 0. The van der Waals surface area contributed by atoms with Crippen molar-refractivity contribution < 1.29 is 14.7 Å². The molecule has 1 aromatic carbocycles. The standard InChI is InChI=1S/C13H18N2O3/c1-3-7-9(8(4-2)13(17)18)5-6-10(11(7)14)12(15)16/h5-6,8H,3-4,14H2,1-2H3,(H2,15,16)(H,17,18). The van der Waals surface area contributed by atoms with Gasteiger partial charge in [-0.15, -0.1) is 0 Å². The van der Waals surface area contributed by atoms with Crippen molar-refractivity contribution in [1.29, 1.82) is 0 Å². The fourth-order valence-electron chi connectivity index (χ4n) is 2.15. The van der Waals surface area contributed by atoms with Crippen LogP contribution in [0.1, 0.15) is 47.7 Å². The molecule has 1 rings (SSSR count). The summed E-state index contributed by atoms with van der Waals surface area (Å²) in [5.74, 6) is -2.10. The molecule has 0 bridgehead atoms. The van der Waals surface area contributed by atoms with E-state index in [4.69, 9.17) is 11.5 Å². The third-order valence-corrected chi connectivity index (χ3v) is 3.09. The van der Waals surface area contributed by atoms with Gasteiger partial charge in [-0.2, -0.15) is 0 Å². The van der Waals surface area contributed by atoms with Crippen LogP contribution in [0.2, 0.25) is 0 Å². The van der Waals surface area contributed by atoms with Crippen LogP contribution in [-0.2, 0) is 11.2 Å². The molecule has 0 aromatic heterocycles. The number of hydrogen-bond donors (Lipinski definition) is 3. The number of carboxylic acid groups (broad SMARTS) is 1. The van der Waals surface area contributed by atoms with Gasteiger partial charge in [-0.05, 0) is 30.0 Å². The minimum Gasteiger partial charge on any atom is -0.481 e. The molecule has 0 aliphatic heterocycles. The maximum absolute atomic E-state index is 11.2. The zero-order chi connectivity index (χ0) is 13.9. The van der Waals surface area contributed by atoms with Gasteiger partial charge < -0.3 is 16.6 Å². The summed E-state index contributed by atoms with van der Waals surface area (Å²) in [5.41, 5.74) is 13.0. The first-order valence-electron chi connectivity index (χ1n) is 5.87. The van der Waals surface area contributed by atoms with Crippen molar-refractivity contribution in [1.82, 2.24) is 0 Å². The highest BCUT2D eigenvalue weighted by atomic mass is 16.4. The zero-order valence-corrected chi connectivity index (χ0v) is 10.6. The number of anilines is 1. The van der Waals surface area contributed by atoms with E-state index >= 15 is 0 Å². The number of primary amides is 1. The van der Waals surface area contributed by atoms with Gasteiger partial charge in [0.25, 0.3) is 5.91 Å². The van der Waals surface area contributed by atoms with Gasteiger partial charge in [0.1, 0.15) is 0 Å². The summed E-state index contributed by atoms with van der Waals surface area (Å²) in [6.45, 7) is 3.67. The fourth-order valence-corrected chi connectivity index (χ4v) is 2.15. The van der Waals surface area contributed by atoms with Gasteiger partial charge in [0.05, 0.1) is 11.5 Å². The minimum absolute atomic E-state index is 0.246. The molecular formula is C13H18N2O3. The smallest absolute Gasteiger partial charge is 0.310 e. The number of nitrogen functional groups attached to an aromatic ring is 1. The molecule has 1 unspecified atom stereocenters. The first-order chi connectivity index (χ1) is 8.43. The van der Waals surface area contributed by atoms with E-state index in [9.17, 15) is 14.7 Å². The molecule has 0 spiro atoms. The summed E-state index contributed by atoms with van der Waals surface area (Å²) < 4.78 is 0. The zero-order valence-electron chi connectivity index (χ0n) is 10.6. The topological polar surface area (TPSA) is 106 Å². The Labute approximate surface area is 106 Å². The van der Waals surface area contributed by atoms with Crippen LogP contribution >= 0.6 is 0 Å². The van der Waals surface area contributed by atoms with Crippen molar-refractivity contribution in [2.24, 2.45) is 5.73 Å². The van der Waals surface area contributed by atoms with E-state index in [-0.39, 0.29) is 5.56 Å².